The first-order valence-corrected chi connectivity index (χ1v) is 6.66. The molecule has 0 aromatic heterocycles. The van der Waals surface area contributed by atoms with E-state index in [4.69, 9.17) is 11.6 Å². The van der Waals surface area contributed by atoms with E-state index in [9.17, 15) is 14.3 Å². The molecule has 0 heterocycles. The van der Waals surface area contributed by atoms with Crippen LogP contribution in [0.4, 0.5) is 14.9 Å². The zero-order valence-electron chi connectivity index (χ0n) is 11.0. The molecule has 2 amide bonds. The predicted octanol–water partition coefficient (Wildman–Crippen LogP) is 3.33. The van der Waals surface area contributed by atoms with E-state index in [1.807, 2.05) is 18.2 Å². The Hall–Kier alpha value is -2.11. The summed E-state index contributed by atoms with van der Waals surface area (Å²) in [6, 6.07) is 11.9. The Labute approximate surface area is 126 Å². The number of benzene rings is 2. The fourth-order valence-corrected chi connectivity index (χ4v) is 1.94. The first-order chi connectivity index (χ1) is 10.1. The molecule has 110 valence electrons. The molecule has 0 spiro atoms. The maximum Gasteiger partial charge on any atom is 0.319 e. The van der Waals surface area contributed by atoms with Crippen molar-refractivity contribution >= 4 is 23.3 Å². The number of anilines is 1. The maximum atomic E-state index is 13.3. The molecule has 3 N–H and O–H groups in total. The summed E-state index contributed by atoms with van der Waals surface area (Å²) < 4.78 is 13.3. The van der Waals surface area contributed by atoms with Gasteiger partial charge in [0.15, 0.2) is 0 Å². The van der Waals surface area contributed by atoms with Gasteiger partial charge in [0.25, 0.3) is 0 Å². The highest BCUT2D eigenvalue weighted by atomic mass is 35.5. The Balaban J connectivity index is 2.01. The highest BCUT2D eigenvalue weighted by Gasteiger charge is 2.13. The molecule has 0 aliphatic rings. The molecule has 0 saturated carbocycles. The molecule has 6 heteroatoms. The van der Waals surface area contributed by atoms with Gasteiger partial charge in [-0.1, -0.05) is 41.9 Å². The molecule has 0 saturated heterocycles. The van der Waals surface area contributed by atoms with Gasteiger partial charge in [-0.05, 0) is 23.8 Å². The number of hydrogen-bond donors (Lipinski definition) is 3. The molecule has 0 bridgehead atoms. The van der Waals surface area contributed by atoms with Crippen LogP contribution in [0.15, 0.2) is 48.5 Å². The van der Waals surface area contributed by atoms with Crippen molar-refractivity contribution in [3.63, 3.8) is 0 Å². The van der Waals surface area contributed by atoms with Crippen LogP contribution in [0.25, 0.3) is 0 Å². The number of aliphatic hydroxyl groups excluding tert-OH is 1. The SMILES string of the molecule is O=C(Nc1ccc(Cl)c(F)c1)NC(CO)c1ccccc1. The van der Waals surface area contributed by atoms with Crippen molar-refractivity contribution < 1.29 is 14.3 Å². The van der Waals surface area contributed by atoms with Gasteiger partial charge in [0.1, 0.15) is 5.82 Å². The highest BCUT2D eigenvalue weighted by Crippen LogP contribution is 2.19. The second-order valence-electron chi connectivity index (χ2n) is 4.37. The van der Waals surface area contributed by atoms with Crippen molar-refractivity contribution in [2.75, 3.05) is 11.9 Å². The number of urea groups is 1. The Kier molecular flexibility index (Phi) is 5.14. The van der Waals surface area contributed by atoms with Crippen molar-refractivity contribution in [3.8, 4) is 0 Å². The van der Waals surface area contributed by atoms with Crippen molar-refractivity contribution in [1.29, 1.82) is 0 Å². The molecule has 2 aromatic carbocycles. The van der Waals surface area contributed by atoms with Crippen LogP contribution in [-0.2, 0) is 0 Å². The fourth-order valence-electron chi connectivity index (χ4n) is 1.82. The lowest BCUT2D eigenvalue weighted by Gasteiger charge is -2.17. The quantitative estimate of drug-likeness (QED) is 0.811. The molecule has 4 nitrogen and oxygen atoms in total. The molecule has 0 aliphatic heterocycles. The summed E-state index contributed by atoms with van der Waals surface area (Å²) in [6.45, 7) is -0.244. The number of rotatable bonds is 4. The van der Waals surface area contributed by atoms with Gasteiger partial charge in [-0.3, -0.25) is 0 Å². The summed E-state index contributed by atoms with van der Waals surface area (Å²) in [5.74, 6) is -0.615. The van der Waals surface area contributed by atoms with E-state index in [0.29, 0.717) is 0 Å². The van der Waals surface area contributed by atoms with E-state index in [2.05, 4.69) is 10.6 Å². The third-order valence-electron chi connectivity index (χ3n) is 2.87. The Morgan fingerprint density at radius 3 is 2.57 bits per heavy atom. The van der Waals surface area contributed by atoms with Gasteiger partial charge in [-0.15, -0.1) is 0 Å². The minimum absolute atomic E-state index is 0.0153. The molecule has 0 fully saturated rings. The van der Waals surface area contributed by atoms with Crippen LogP contribution in [0.2, 0.25) is 5.02 Å². The average molecular weight is 309 g/mol. The lowest BCUT2D eigenvalue weighted by atomic mass is 10.1. The van der Waals surface area contributed by atoms with Gasteiger partial charge in [0, 0.05) is 5.69 Å². The third-order valence-corrected chi connectivity index (χ3v) is 3.17. The van der Waals surface area contributed by atoms with Gasteiger partial charge in [0.2, 0.25) is 0 Å². The second kappa shape index (κ2) is 7.06. The molecule has 21 heavy (non-hydrogen) atoms. The molecule has 2 rings (SSSR count). The zero-order chi connectivity index (χ0) is 15.2. The number of carbonyl (C=O) groups excluding carboxylic acids is 1. The maximum absolute atomic E-state index is 13.3. The predicted molar refractivity (Wildman–Crippen MR) is 79.8 cm³/mol. The second-order valence-corrected chi connectivity index (χ2v) is 4.78. The molecule has 0 aliphatic carbocycles. The molecule has 0 radical (unpaired) electrons. The summed E-state index contributed by atoms with van der Waals surface area (Å²) in [5, 5.41) is 14.4. The van der Waals surface area contributed by atoms with Crippen LogP contribution >= 0.6 is 11.6 Å². The van der Waals surface area contributed by atoms with E-state index in [0.717, 1.165) is 11.6 Å². The smallest absolute Gasteiger partial charge is 0.319 e. The number of nitrogens with one attached hydrogen (secondary N) is 2. The Morgan fingerprint density at radius 1 is 1.24 bits per heavy atom. The number of hydrogen-bond acceptors (Lipinski definition) is 2. The third kappa shape index (κ3) is 4.18. The van der Waals surface area contributed by atoms with E-state index >= 15 is 0 Å². The zero-order valence-corrected chi connectivity index (χ0v) is 11.8. The minimum Gasteiger partial charge on any atom is -0.394 e. The Morgan fingerprint density at radius 2 is 1.95 bits per heavy atom. The minimum atomic E-state index is -0.615. The number of halogens is 2. The molecular formula is C15H14ClFN2O2. The normalized spacial score (nSPS) is 11.8. The van der Waals surface area contributed by atoms with Gasteiger partial charge < -0.3 is 15.7 Å². The lowest BCUT2D eigenvalue weighted by molar-refractivity contribution is 0.225. The van der Waals surface area contributed by atoms with Crippen LogP contribution in [0.1, 0.15) is 11.6 Å². The van der Waals surface area contributed by atoms with Gasteiger partial charge in [-0.25, -0.2) is 9.18 Å². The first-order valence-electron chi connectivity index (χ1n) is 6.28. The van der Waals surface area contributed by atoms with Crippen molar-refractivity contribution in [2.45, 2.75) is 6.04 Å². The average Bonchev–Trinajstić information content (AvgIpc) is 2.49. The number of carbonyl (C=O) groups is 1. The van der Waals surface area contributed by atoms with Crippen molar-refractivity contribution in [3.05, 3.63) is 64.9 Å². The molecule has 2 aromatic rings. The number of amides is 2. The topological polar surface area (TPSA) is 61.4 Å². The van der Waals surface area contributed by atoms with Gasteiger partial charge >= 0.3 is 6.03 Å². The van der Waals surface area contributed by atoms with Crippen molar-refractivity contribution in [1.82, 2.24) is 5.32 Å². The Bertz CT molecular complexity index is 622. The summed E-state index contributed by atoms with van der Waals surface area (Å²) in [6.07, 6.45) is 0. The van der Waals surface area contributed by atoms with Crippen LogP contribution in [-0.4, -0.2) is 17.7 Å². The van der Waals surface area contributed by atoms with Crippen LogP contribution in [0, 0.1) is 5.82 Å². The first kappa shape index (κ1) is 15.3. The van der Waals surface area contributed by atoms with Crippen molar-refractivity contribution in [2.24, 2.45) is 0 Å². The van der Waals surface area contributed by atoms with Crippen LogP contribution < -0.4 is 10.6 Å². The highest BCUT2D eigenvalue weighted by molar-refractivity contribution is 6.30. The van der Waals surface area contributed by atoms with Crippen LogP contribution in [0.3, 0.4) is 0 Å². The summed E-state index contributed by atoms with van der Waals surface area (Å²) in [4.78, 5) is 11.9. The monoisotopic (exact) mass is 308 g/mol. The fraction of sp³-hybridized carbons (Fsp3) is 0.133. The van der Waals surface area contributed by atoms with E-state index in [-0.39, 0.29) is 17.3 Å². The van der Waals surface area contributed by atoms with E-state index in [1.165, 1.54) is 12.1 Å². The van der Waals surface area contributed by atoms with Crippen LogP contribution in [0.5, 0.6) is 0 Å². The lowest BCUT2D eigenvalue weighted by Crippen LogP contribution is -2.34. The summed E-state index contributed by atoms with van der Waals surface area (Å²) >= 11 is 5.57. The van der Waals surface area contributed by atoms with Gasteiger partial charge in [0.05, 0.1) is 17.7 Å². The standard InChI is InChI=1S/C15H14ClFN2O2/c16-12-7-6-11(8-13(12)17)18-15(21)19-14(9-20)10-4-2-1-3-5-10/h1-8,14,20H,9H2,(H2,18,19,21). The molecule has 1 atom stereocenters. The van der Waals surface area contributed by atoms with E-state index in [1.54, 1.807) is 12.1 Å². The summed E-state index contributed by atoms with van der Waals surface area (Å²) in [7, 11) is 0. The number of aliphatic hydroxyl groups is 1. The molecule has 1 unspecified atom stereocenters. The van der Waals surface area contributed by atoms with Gasteiger partial charge in [-0.2, -0.15) is 0 Å². The summed E-state index contributed by atoms with van der Waals surface area (Å²) in [5.41, 5.74) is 1.05. The largest absolute Gasteiger partial charge is 0.394 e. The molecular weight excluding hydrogens is 295 g/mol. The van der Waals surface area contributed by atoms with E-state index < -0.39 is 17.9 Å².